The van der Waals surface area contributed by atoms with Gasteiger partial charge in [0.05, 0.1) is 18.4 Å². The molecule has 2 aliphatic heterocycles. The molecule has 0 fully saturated rings. The van der Waals surface area contributed by atoms with Crippen LogP contribution in [0.3, 0.4) is 0 Å². The molecule has 0 bridgehead atoms. The zero-order valence-corrected chi connectivity index (χ0v) is 12.9. The number of benzene rings is 2. The van der Waals surface area contributed by atoms with Crippen LogP contribution in [0.5, 0.6) is 5.75 Å². The number of anilines is 1. The SMILES string of the molecule is COc1cccc(C2=C/C(=C3/C(=O)Nc4cc(F)ccc43)OC2)c1. The van der Waals surface area contributed by atoms with Gasteiger partial charge in [0, 0.05) is 11.1 Å². The fraction of sp³-hybridized carbons (Fsp3) is 0.105. The van der Waals surface area contributed by atoms with Gasteiger partial charge in [0.1, 0.15) is 23.9 Å². The highest BCUT2D eigenvalue weighted by molar-refractivity contribution is 6.32. The van der Waals surface area contributed by atoms with Crippen molar-refractivity contribution in [3.8, 4) is 5.75 Å². The smallest absolute Gasteiger partial charge is 0.260 e. The first-order valence-electron chi connectivity index (χ1n) is 7.49. The first-order chi connectivity index (χ1) is 11.7. The zero-order chi connectivity index (χ0) is 16.7. The molecule has 4 rings (SSSR count). The van der Waals surface area contributed by atoms with E-state index in [2.05, 4.69) is 5.32 Å². The number of ether oxygens (including phenoxy) is 2. The van der Waals surface area contributed by atoms with Gasteiger partial charge in [-0.25, -0.2) is 4.39 Å². The molecule has 2 aromatic rings. The maximum Gasteiger partial charge on any atom is 0.260 e. The van der Waals surface area contributed by atoms with Gasteiger partial charge in [0.2, 0.25) is 0 Å². The Balaban J connectivity index is 1.77. The molecule has 24 heavy (non-hydrogen) atoms. The van der Waals surface area contributed by atoms with Crippen LogP contribution in [0.15, 0.2) is 54.3 Å². The number of hydrogen-bond acceptors (Lipinski definition) is 3. The van der Waals surface area contributed by atoms with Crippen molar-refractivity contribution in [3.63, 3.8) is 0 Å². The second-order valence-corrected chi connectivity index (χ2v) is 5.57. The lowest BCUT2D eigenvalue weighted by atomic mass is 10.0. The van der Waals surface area contributed by atoms with Gasteiger partial charge in [-0.05, 0) is 42.0 Å². The van der Waals surface area contributed by atoms with E-state index in [1.54, 1.807) is 13.2 Å². The van der Waals surface area contributed by atoms with Crippen LogP contribution in [0.4, 0.5) is 10.1 Å². The summed E-state index contributed by atoms with van der Waals surface area (Å²) in [6, 6.07) is 11.9. The normalized spacial score (nSPS) is 18.8. The van der Waals surface area contributed by atoms with Gasteiger partial charge >= 0.3 is 0 Å². The third-order valence-corrected chi connectivity index (χ3v) is 4.10. The number of nitrogens with one attached hydrogen (secondary N) is 1. The van der Waals surface area contributed by atoms with Crippen LogP contribution in [0.25, 0.3) is 11.1 Å². The maximum atomic E-state index is 13.3. The van der Waals surface area contributed by atoms with E-state index >= 15 is 0 Å². The minimum absolute atomic E-state index is 0.284. The van der Waals surface area contributed by atoms with Crippen molar-refractivity contribution in [2.75, 3.05) is 19.0 Å². The molecular weight excluding hydrogens is 309 g/mol. The van der Waals surface area contributed by atoms with Crippen LogP contribution in [0, 0.1) is 5.82 Å². The number of carbonyl (C=O) groups is 1. The number of halogens is 1. The largest absolute Gasteiger partial charge is 0.497 e. The Morgan fingerprint density at radius 2 is 2.08 bits per heavy atom. The molecule has 0 unspecified atom stereocenters. The minimum Gasteiger partial charge on any atom is -0.497 e. The zero-order valence-electron chi connectivity index (χ0n) is 12.9. The molecule has 0 aromatic heterocycles. The van der Waals surface area contributed by atoms with Crippen molar-refractivity contribution in [2.24, 2.45) is 0 Å². The summed E-state index contributed by atoms with van der Waals surface area (Å²) >= 11 is 0. The number of amides is 1. The second-order valence-electron chi connectivity index (χ2n) is 5.57. The van der Waals surface area contributed by atoms with Crippen molar-refractivity contribution in [2.45, 2.75) is 0 Å². The number of carbonyl (C=O) groups excluding carboxylic acids is 1. The molecule has 2 heterocycles. The molecule has 5 heteroatoms. The van der Waals surface area contributed by atoms with E-state index < -0.39 is 0 Å². The molecule has 0 saturated carbocycles. The van der Waals surface area contributed by atoms with Crippen molar-refractivity contribution in [3.05, 3.63) is 71.2 Å². The Morgan fingerprint density at radius 1 is 1.21 bits per heavy atom. The van der Waals surface area contributed by atoms with E-state index in [1.807, 2.05) is 30.3 Å². The van der Waals surface area contributed by atoms with E-state index in [-0.39, 0.29) is 11.7 Å². The Morgan fingerprint density at radius 3 is 2.92 bits per heavy atom. The van der Waals surface area contributed by atoms with Crippen LogP contribution in [0.1, 0.15) is 11.1 Å². The average molecular weight is 323 g/mol. The third-order valence-electron chi connectivity index (χ3n) is 4.10. The average Bonchev–Trinajstić information content (AvgIpc) is 3.18. The van der Waals surface area contributed by atoms with Crippen molar-refractivity contribution >= 4 is 22.7 Å². The number of allylic oxidation sites excluding steroid dienone is 1. The van der Waals surface area contributed by atoms with Gasteiger partial charge in [0.15, 0.2) is 0 Å². The summed E-state index contributed by atoms with van der Waals surface area (Å²) in [5, 5.41) is 2.67. The van der Waals surface area contributed by atoms with E-state index in [9.17, 15) is 9.18 Å². The highest BCUT2D eigenvalue weighted by Gasteiger charge is 2.30. The number of methoxy groups -OCH3 is 1. The fourth-order valence-corrected chi connectivity index (χ4v) is 2.92. The van der Waals surface area contributed by atoms with Gasteiger partial charge < -0.3 is 14.8 Å². The first kappa shape index (κ1) is 14.5. The quantitative estimate of drug-likeness (QED) is 0.859. The molecule has 0 aliphatic carbocycles. The molecular formula is C19H14FNO3. The van der Waals surface area contributed by atoms with E-state index in [0.29, 0.717) is 29.2 Å². The van der Waals surface area contributed by atoms with Gasteiger partial charge in [-0.2, -0.15) is 0 Å². The topological polar surface area (TPSA) is 47.6 Å². The molecule has 1 amide bonds. The third kappa shape index (κ3) is 2.34. The minimum atomic E-state index is -0.389. The molecule has 0 atom stereocenters. The van der Waals surface area contributed by atoms with Crippen LogP contribution < -0.4 is 10.1 Å². The highest BCUT2D eigenvalue weighted by Crippen LogP contribution is 2.38. The summed E-state index contributed by atoms with van der Waals surface area (Å²) in [6.45, 7) is 0.371. The summed E-state index contributed by atoms with van der Waals surface area (Å²) in [5.74, 6) is 0.582. The van der Waals surface area contributed by atoms with E-state index in [0.717, 1.165) is 16.9 Å². The van der Waals surface area contributed by atoms with Crippen molar-refractivity contribution in [1.82, 2.24) is 0 Å². The lowest BCUT2D eigenvalue weighted by Gasteiger charge is -2.04. The van der Waals surface area contributed by atoms with Crippen LogP contribution in [0.2, 0.25) is 0 Å². The lowest BCUT2D eigenvalue weighted by molar-refractivity contribution is -0.110. The molecule has 4 nitrogen and oxygen atoms in total. The predicted molar refractivity (Wildman–Crippen MR) is 88.9 cm³/mol. The summed E-state index contributed by atoms with van der Waals surface area (Å²) in [4.78, 5) is 12.3. The van der Waals surface area contributed by atoms with Gasteiger partial charge in [-0.3, -0.25) is 4.79 Å². The van der Waals surface area contributed by atoms with Gasteiger partial charge in [-0.15, -0.1) is 0 Å². The monoisotopic (exact) mass is 323 g/mol. The number of rotatable bonds is 2. The summed E-state index contributed by atoms with van der Waals surface area (Å²) in [5.41, 5.74) is 3.49. The first-order valence-corrected chi connectivity index (χ1v) is 7.49. The molecule has 2 aliphatic rings. The van der Waals surface area contributed by atoms with Gasteiger partial charge in [0.25, 0.3) is 5.91 Å². The lowest BCUT2D eigenvalue weighted by Crippen LogP contribution is -2.05. The Labute approximate surface area is 138 Å². The Bertz CT molecular complexity index is 915. The summed E-state index contributed by atoms with van der Waals surface area (Å²) < 4.78 is 24.3. The Kier molecular flexibility index (Phi) is 3.34. The Hall–Kier alpha value is -3.08. The van der Waals surface area contributed by atoms with Crippen LogP contribution in [-0.4, -0.2) is 19.6 Å². The molecule has 1 N–H and O–H groups in total. The van der Waals surface area contributed by atoms with Crippen molar-refractivity contribution < 1.29 is 18.7 Å². The molecule has 0 radical (unpaired) electrons. The van der Waals surface area contributed by atoms with Crippen LogP contribution in [-0.2, 0) is 9.53 Å². The standard InChI is InChI=1S/C19H14FNO3/c1-23-14-4-2-3-11(7-14)12-8-17(24-10-12)18-15-6-5-13(20)9-16(15)21-19(18)22/h2-9H,10H2,1H3,(H,21,22)/b18-17-. The van der Waals surface area contributed by atoms with Crippen molar-refractivity contribution in [1.29, 1.82) is 0 Å². The maximum absolute atomic E-state index is 13.3. The van der Waals surface area contributed by atoms with E-state index in [4.69, 9.17) is 9.47 Å². The molecule has 120 valence electrons. The number of hydrogen-bond donors (Lipinski definition) is 1. The second kappa shape index (κ2) is 5.53. The predicted octanol–water partition coefficient (Wildman–Crippen LogP) is 3.61. The highest BCUT2D eigenvalue weighted by atomic mass is 19.1. The summed E-state index contributed by atoms with van der Waals surface area (Å²) in [6.07, 6.45) is 1.85. The molecule has 2 aromatic carbocycles. The molecule has 0 saturated heterocycles. The number of fused-ring (bicyclic) bond motifs is 1. The summed E-state index contributed by atoms with van der Waals surface area (Å²) in [7, 11) is 1.62. The fourth-order valence-electron chi connectivity index (χ4n) is 2.92. The van der Waals surface area contributed by atoms with E-state index in [1.165, 1.54) is 12.1 Å². The van der Waals surface area contributed by atoms with Gasteiger partial charge in [-0.1, -0.05) is 12.1 Å². The van der Waals surface area contributed by atoms with Crippen LogP contribution >= 0.6 is 0 Å². The molecule has 0 spiro atoms.